The fraction of sp³-hybridized carbons (Fsp3) is 0.200. The Hall–Kier alpha value is -1.31. The van der Waals surface area contributed by atoms with Crippen molar-refractivity contribution in [2.75, 3.05) is 6.61 Å². The average molecular weight is 332 g/mol. The van der Waals surface area contributed by atoms with Crippen LogP contribution in [0.4, 0.5) is 4.79 Å². The molecule has 1 aromatic carbocycles. The lowest BCUT2D eigenvalue weighted by molar-refractivity contribution is 0.151. The van der Waals surface area contributed by atoms with E-state index in [1.807, 2.05) is 6.07 Å². The van der Waals surface area contributed by atoms with Crippen molar-refractivity contribution in [3.63, 3.8) is 0 Å². The summed E-state index contributed by atoms with van der Waals surface area (Å²) in [4.78, 5) is 23.2. The van der Waals surface area contributed by atoms with Crippen LogP contribution in [-0.2, 0) is 4.74 Å². The van der Waals surface area contributed by atoms with Crippen molar-refractivity contribution in [3.8, 4) is 0 Å². The highest BCUT2D eigenvalue weighted by Gasteiger charge is 2.14. The SMILES string of the molecule is CCOC(=O)n1[nH]c(=O)c2c(I)cccc21. The van der Waals surface area contributed by atoms with Crippen LogP contribution in [0, 0.1) is 3.57 Å². The molecule has 0 fully saturated rings. The number of hydrogen-bond acceptors (Lipinski definition) is 3. The molecule has 16 heavy (non-hydrogen) atoms. The first-order valence-electron chi connectivity index (χ1n) is 4.71. The second-order valence-corrected chi connectivity index (χ2v) is 4.27. The topological polar surface area (TPSA) is 64.1 Å². The summed E-state index contributed by atoms with van der Waals surface area (Å²) in [5.41, 5.74) is 0.253. The predicted octanol–water partition coefficient (Wildman–Crippen LogP) is 1.94. The van der Waals surface area contributed by atoms with Gasteiger partial charge < -0.3 is 4.74 Å². The molecule has 0 unspecified atom stereocenters. The first-order valence-corrected chi connectivity index (χ1v) is 5.79. The summed E-state index contributed by atoms with van der Waals surface area (Å²) in [5.74, 6) is 0. The Morgan fingerprint density at radius 1 is 1.56 bits per heavy atom. The zero-order valence-electron chi connectivity index (χ0n) is 8.49. The van der Waals surface area contributed by atoms with E-state index in [4.69, 9.17) is 4.74 Å². The van der Waals surface area contributed by atoms with Gasteiger partial charge in [-0.05, 0) is 41.6 Å². The molecule has 1 N–H and O–H groups in total. The number of carbonyl (C=O) groups excluding carboxylic acids is 1. The molecule has 0 aliphatic carbocycles. The highest BCUT2D eigenvalue weighted by atomic mass is 127. The molecule has 0 amide bonds. The van der Waals surface area contributed by atoms with Crippen LogP contribution in [0.1, 0.15) is 6.92 Å². The van der Waals surface area contributed by atoms with Crippen molar-refractivity contribution < 1.29 is 9.53 Å². The monoisotopic (exact) mass is 332 g/mol. The van der Waals surface area contributed by atoms with Crippen molar-refractivity contribution >= 4 is 39.6 Å². The van der Waals surface area contributed by atoms with Crippen LogP contribution in [-0.4, -0.2) is 22.5 Å². The summed E-state index contributed by atoms with van der Waals surface area (Å²) in [7, 11) is 0. The lowest BCUT2D eigenvalue weighted by atomic mass is 10.2. The molecular weight excluding hydrogens is 323 g/mol. The molecule has 0 saturated carbocycles. The number of hydrogen-bond donors (Lipinski definition) is 1. The van der Waals surface area contributed by atoms with Gasteiger partial charge in [0.15, 0.2) is 0 Å². The number of H-pyrrole nitrogens is 1. The zero-order valence-corrected chi connectivity index (χ0v) is 10.6. The molecule has 0 aliphatic rings. The van der Waals surface area contributed by atoms with E-state index in [9.17, 15) is 9.59 Å². The fourth-order valence-corrected chi connectivity index (χ4v) is 2.20. The molecule has 0 radical (unpaired) electrons. The normalized spacial score (nSPS) is 10.6. The van der Waals surface area contributed by atoms with E-state index in [1.165, 1.54) is 0 Å². The molecule has 0 bridgehead atoms. The molecule has 84 valence electrons. The number of aromatic amines is 1. The summed E-state index contributed by atoms with van der Waals surface area (Å²) >= 11 is 2.06. The van der Waals surface area contributed by atoms with Gasteiger partial charge in [-0.25, -0.2) is 4.79 Å². The number of halogens is 1. The van der Waals surface area contributed by atoms with Gasteiger partial charge >= 0.3 is 6.09 Å². The molecule has 6 heteroatoms. The highest BCUT2D eigenvalue weighted by Crippen LogP contribution is 2.16. The number of carbonyl (C=O) groups is 1. The Morgan fingerprint density at radius 2 is 2.31 bits per heavy atom. The molecule has 0 aliphatic heterocycles. The Morgan fingerprint density at radius 3 is 3.00 bits per heavy atom. The van der Waals surface area contributed by atoms with E-state index in [2.05, 4.69) is 27.7 Å². The number of nitrogens with zero attached hydrogens (tertiary/aromatic N) is 1. The second kappa shape index (κ2) is 4.28. The van der Waals surface area contributed by atoms with Gasteiger partial charge in [-0.1, -0.05) is 6.07 Å². The first kappa shape index (κ1) is 11.2. The zero-order chi connectivity index (χ0) is 11.7. The van der Waals surface area contributed by atoms with Gasteiger partial charge in [-0.3, -0.25) is 9.89 Å². The van der Waals surface area contributed by atoms with Gasteiger partial charge in [0.05, 0.1) is 17.5 Å². The second-order valence-electron chi connectivity index (χ2n) is 3.11. The standard InChI is InChI=1S/C10H9IN2O3/c1-2-16-10(15)13-7-5-3-4-6(11)8(7)9(14)12-13/h3-5H,2H2,1H3,(H,12,14). The number of rotatable bonds is 1. The van der Waals surface area contributed by atoms with Gasteiger partial charge in [-0.2, -0.15) is 4.68 Å². The maximum Gasteiger partial charge on any atom is 0.433 e. The first-order chi connectivity index (χ1) is 7.65. The molecule has 0 atom stereocenters. The van der Waals surface area contributed by atoms with E-state index in [0.29, 0.717) is 10.9 Å². The molecule has 1 heterocycles. The van der Waals surface area contributed by atoms with Crippen molar-refractivity contribution in [1.82, 2.24) is 9.78 Å². The lowest BCUT2D eigenvalue weighted by Gasteiger charge is -2.02. The smallest absolute Gasteiger partial charge is 0.433 e. The third kappa shape index (κ3) is 1.73. The molecule has 0 saturated heterocycles. The Labute approximate surface area is 105 Å². The van der Waals surface area contributed by atoms with Crippen molar-refractivity contribution in [2.24, 2.45) is 0 Å². The Bertz CT molecular complexity index is 600. The number of ether oxygens (including phenoxy) is 1. The largest absolute Gasteiger partial charge is 0.448 e. The summed E-state index contributed by atoms with van der Waals surface area (Å²) in [6, 6.07) is 5.30. The molecule has 5 nitrogen and oxygen atoms in total. The summed E-state index contributed by atoms with van der Waals surface area (Å²) in [6.45, 7) is 1.98. The van der Waals surface area contributed by atoms with Crippen LogP contribution in [0.25, 0.3) is 10.9 Å². The van der Waals surface area contributed by atoms with Crippen molar-refractivity contribution in [2.45, 2.75) is 6.92 Å². The molecular formula is C10H9IN2O3. The summed E-state index contributed by atoms with van der Waals surface area (Å²) in [6.07, 6.45) is -0.573. The number of aromatic nitrogens is 2. The Kier molecular flexibility index (Phi) is 2.99. The van der Waals surface area contributed by atoms with Gasteiger partial charge in [0, 0.05) is 3.57 Å². The van der Waals surface area contributed by atoms with Crippen LogP contribution in [0.2, 0.25) is 0 Å². The van der Waals surface area contributed by atoms with E-state index < -0.39 is 6.09 Å². The van der Waals surface area contributed by atoms with Gasteiger partial charge in [0.1, 0.15) is 0 Å². The maximum atomic E-state index is 11.6. The quantitative estimate of drug-likeness (QED) is 0.812. The van der Waals surface area contributed by atoms with E-state index in [0.717, 1.165) is 8.25 Å². The number of benzene rings is 1. The maximum absolute atomic E-state index is 11.6. The minimum atomic E-state index is -0.573. The molecule has 0 spiro atoms. The van der Waals surface area contributed by atoms with Crippen LogP contribution in [0.5, 0.6) is 0 Å². The molecule has 2 aromatic rings. The highest BCUT2D eigenvalue weighted by molar-refractivity contribution is 14.1. The Balaban J connectivity index is 2.69. The van der Waals surface area contributed by atoms with E-state index >= 15 is 0 Å². The van der Waals surface area contributed by atoms with E-state index in [1.54, 1.807) is 19.1 Å². The van der Waals surface area contributed by atoms with Crippen molar-refractivity contribution in [1.29, 1.82) is 0 Å². The molecule has 2 rings (SSSR count). The van der Waals surface area contributed by atoms with Crippen LogP contribution < -0.4 is 5.56 Å². The van der Waals surface area contributed by atoms with Gasteiger partial charge in [0.2, 0.25) is 0 Å². The number of fused-ring (bicyclic) bond motifs is 1. The van der Waals surface area contributed by atoms with Gasteiger partial charge in [0.25, 0.3) is 5.56 Å². The van der Waals surface area contributed by atoms with Gasteiger partial charge in [-0.15, -0.1) is 0 Å². The van der Waals surface area contributed by atoms with Crippen LogP contribution in [0.3, 0.4) is 0 Å². The van der Waals surface area contributed by atoms with Crippen molar-refractivity contribution in [3.05, 3.63) is 32.1 Å². The third-order valence-electron chi connectivity index (χ3n) is 2.12. The van der Waals surface area contributed by atoms with Crippen LogP contribution in [0.15, 0.2) is 23.0 Å². The third-order valence-corrected chi connectivity index (χ3v) is 3.02. The predicted molar refractivity (Wildman–Crippen MR) is 67.7 cm³/mol. The average Bonchev–Trinajstić information content (AvgIpc) is 2.58. The molecule has 1 aromatic heterocycles. The van der Waals surface area contributed by atoms with E-state index in [-0.39, 0.29) is 12.2 Å². The summed E-state index contributed by atoms with van der Waals surface area (Å²) < 4.78 is 6.77. The van der Waals surface area contributed by atoms with Crippen LogP contribution >= 0.6 is 22.6 Å². The lowest BCUT2D eigenvalue weighted by Crippen LogP contribution is -2.17. The minimum absolute atomic E-state index is 0.268. The minimum Gasteiger partial charge on any atom is -0.448 e. The summed E-state index contributed by atoms with van der Waals surface area (Å²) in [5, 5.41) is 2.97. The number of nitrogens with one attached hydrogen (secondary N) is 1. The fourth-order valence-electron chi connectivity index (χ4n) is 1.47.